The maximum absolute atomic E-state index is 13.0. The molecular weight excluding hydrogens is 193 g/mol. The number of hydrogen-bond donors (Lipinski definition) is 1. The zero-order chi connectivity index (χ0) is 10.4. The molecule has 0 bridgehead atoms. The van der Waals surface area contributed by atoms with Gasteiger partial charge < -0.3 is 10.5 Å². The van der Waals surface area contributed by atoms with Crippen LogP contribution in [0.25, 0.3) is 0 Å². The van der Waals surface area contributed by atoms with Gasteiger partial charge in [-0.25, -0.2) is 4.39 Å². The molecule has 2 nitrogen and oxygen atoms in total. The molecule has 2 unspecified atom stereocenters. The average Bonchev–Trinajstić information content (AvgIpc) is 2.99. The van der Waals surface area contributed by atoms with Crippen molar-refractivity contribution >= 4 is 0 Å². The van der Waals surface area contributed by atoms with Gasteiger partial charge >= 0.3 is 0 Å². The van der Waals surface area contributed by atoms with Crippen molar-refractivity contribution in [1.82, 2.24) is 0 Å². The van der Waals surface area contributed by atoms with E-state index < -0.39 is 0 Å². The number of ether oxygens (including phenoxy) is 1. The highest BCUT2D eigenvalue weighted by Crippen LogP contribution is 2.43. The van der Waals surface area contributed by atoms with E-state index in [1.807, 2.05) is 0 Å². The van der Waals surface area contributed by atoms with Gasteiger partial charge in [-0.15, -0.1) is 0 Å². The average molecular weight is 207 g/mol. The van der Waals surface area contributed by atoms with Crippen LogP contribution in [-0.4, -0.2) is 6.10 Å². The van der Waals surface area contributed by atoms with Gasteiger partial charge in [0, 0.05) is 24.1 Å². The Morgan fingerprint density at radius 1 is 1.33 bits per heavy atom. The molecule has 1 aliphatic heterocycles. The zero-order valence-electron chi connectivity index (χ0n) is 8.45. The van der Waals surface area contributed by atoms with Gasteiger partial charge in [-0.1, -0.05) is 6.07 Å². The van der Waals surface area contributed by atoms with Crippen molar-refractivity contribution in [2.75, 3.05) is 0 Å². The summed E-state index contributed by atoms with van der Waals surface area (Å²) in [5.74, 6) is 1.04. The highest BCUT2D eigenvalue weighted by molar-refractivity contribution is 5.38. The summed E-state index contributed by atoms with van der Waals surface area (Å²) in [5, 5.41) is 0. The Morgan fingerprint density at radius 2 is 2.13 bits per heavy atom. The molecule has 1 aliphatic carbocycles. The number of benzene rings is 1. The molecule has 2 aliphatic rings. The Kier molecular flexibility index (Phi) is 1.96. The van der Waals surface area contributed by atoms with Gasteiger partial charge in [-0.3, -0.25) is 0 Å². The van der Waals surface area contributed by atoms with Crippen molar-refractivity contribution in [3.8, 4) is 5.75 Å². The highest BCUT2D eigenvalue weighted by Gasteiger charge is 2.37. The number of rotatable bonds is 1. The second kappa shape index (κ2) is 3.20. The van der Waals surface area contributed by atoms with Gasteiger partial charge in [0.15, 0.2) is 0 Å². The highest BCUT2D eigenvalue weighted by atomic mass is 19.1. The Labute approximate surface area is 88.2 Å². The fraction of sp³-hybridized carbons (Fsp3) is 0.500. The van der Waals surface area contributed by atoms with E-state index in [9.17, 15) is 4.39 Å². The predicted molar refractivity (Wildman–Crippen MR) is 55.1 cm³/mol. The van der Waals surface area contributed by atoms with Gasteiger partial charge in [-0.05, 0) is 24.8 Å². The van der Waals surface area contributed by atoms with E-state index in [2.05, 4.69) is 0 Å². The van der Waals surface area contributed by atoms with E-state index in [4.69, 9.17) is 10.5 Å². The van der Waals surface area contributed by atoms with Crippen molar-refractivity contribution in [2.24, 2.45) is 11.7 Å². The standard InChI is InChI=1S/C12H14FNO/c13-8-3-4-9-10(14)6-11(7-1-2-7)15-12(9)5-8/h3-5,7,10-11H,1-2,6,14H2. The lowest BCUT2D eigenvalue weighted by atomic mass is 9.95. The summed E-state index contributed by atoms with van der Waals surface area (Å²) in [6.45, 7) is 0. The smallest absolute Gasteiger partial charge is 0.127 e. The molecule has 1 aromatic carbocycles. The molecule has 80 valence electrons. The summed E-state index contributed by atoms with van der Waals surface area (Å²) >= 11 is 0. The molecule has 0 saturated heterocycles. The van der Waals surface area contributed by atoms with Crippen molar-refractivity contribution in [3.05, 3.63) is 29.6 Å². The minimum atomic E-state index is -0.252. The molecule has 0 aromatic heterocycles. The van der Waals surface area contributed by atoms with Crippen molar-refractivity contribution in [1.29, 1.82) is 0 Å². The Bertz CT molecular complexity index is 389. The molecule has 3 rings (SSSR count). The minimum Gasteiger partial charge on any atom is -0.490 e. The van der Waals surface area contributed by atoms with Gasteiger partial charge in [0.25, 0.3) is 0 Å². The molecule has 1 fully saturated rings. The van der Waals surface area contributed by atoms with Crippen molar-refractivity contribution in [3.63, 3.8) is 0 Å². The number of nitrogens with two attached hydrogens (primary N) is 1. The summed E-state index contributed by atoms with van der Waals surface area (Å²) in [5.41, 5.74) is 6.99. The monoisotopic (exact) mass is 207 g/mol. The van der Waals surface area contributed by atoms with Crippen LogP contribution in [-0.2, 0) is 0 Å². The molecule has 3 heteroatoms. The zero-order valence-corrected chi connectivity index (χ0v) is 8.45. The number of fused-ring (bicyclic) bond motifs is 1. The lowest BCUT2D eigenvalue weighted by Crippen LogP contribution is -2.31. The van der Waals surface area contributed by atoms with Crippen LogP contribution in [0.2, 0.25) is 0 Å². The maximum Gasteiger partial charge on any atom is 0.127 e. The predicted octanol–water partition coefficient (Wildman–Crippen LogP) is 2.39. The molecule has 0 spiro atoms. The Hall–Kier alpha value is -1.09. The third-order valence-electron chi connectivity index (χ3n) is 3.29. The molecule has 1 heterocycles. The molecule has 0 amide bonds. The summed E-state index contributed by atoms with van der Waals surface area (Å²) in [6.07, 6.45) is 3.52. The normalized spacial score (nSPS) is 29.5. The number of halogens is 1. The van der Waals surface area contributed by atoms with Gasteiger partial charge in [0.05, 0.1) is 0 Å². The lowest BCUT2D eigenvalue weighted by Gasteiger charge is -2.30. The molecule has 0 radical (unpaired) electrons. The third-order valence-corrected chi connectivity index (χ3v) is 3.29. The van der Waals surface area contributed by atoms with Crippen LogP contribution in [0, 0.1) is 11.7 Å². The lowest BCUT2D eigenvalue weighted by molar-refractivity contribution is 0.137. The van der Waals surface area contributed by atoms with E-state index in [0.717, 1.165) is 12.0 Å². The SMILES string of the molecule is NC1CC(C2CC2)Oc2cc(F)ccc21. The first-order chi connectivity index (χ1) is 7.24. The van der Waals surface area contributed by atoms with E-state index in [-0.39, 0.29) is 18.0 Å². The summed E-state index contributed by atoms with van der Waals surface area (Å²) in [7, 11) is 0. The van der Waals surface area contributed by atoms with E-state index in [1.165, 1.54) is 25.0 Å². The summed E-state index contributed by atoms with van der Waals surface area (Å²) < 4.78 is 18.8. The van der Waals surface area contributed by atoms with Crippen LogP contribution in [0.1, 0.15) is 30.9 Å². The Balaban J connectivity index is 1.93. The van der Waals surface area contributed by atoms with Crippen LogP contribution in [0.5, 0.6) is 5.75 Å². The first-order valence-corrected chi connectivity index (χ1v) is 5.46. The molecule has 2 atom stereocenters. The van der Waals surface area contributed by atoms with Crippen molar-refractivity contribution < 1.29 is 9.13 Å². The molecule has 1 saturated carbocycles. The van der Waals surface area contributed by atoms with Crippen LogP contribution in [0.4, 0.5) is 4.39 Å². The summed E-state index contributed by atoms with van der Waals surface area (Å²) in [4.78, 5) is 0. The molecule has 15 heavy (non-hydrogen) atoms. The summed E-state index contributed by atoms with van der Waals surface area (Å²) in [6, 6.07) is 4.63. The van der Waals surface area contributed by atoms with E-state index in [0.29, 0.717) is 11.7 Å². The van der Waals surface area contributed by atoms with Gasteiger partial charge in [0.2, 0.25) is 0 Å². The second-order valence-corrected chi connectivity index (χ2v) is 4.52. The molecule has 2 N–H and O–H groups in total. The van der Waals surface area contributed by atoms with E-state index >= 15 is 0 Å². The van der Waals surface area contributed by atoms with Crippen LogP contribution in [0.3, 0.4) is 0 Å². The van der Waals surface area contributed by atoms with Crippen LogP contribution < -0.4 is 10.5 Å². The maximum atomic E-state index is 13.0. The first kappa shape index (κ1) is 9.16. The van der Waals surface area contributed by atoms with E-state index in [1.54, 1.807) is 6.07 Å². The van der Waals surface area contributed by atoms with Gasteiger partial charge in [0.1, 0.15) is 17.7 Å². The fourth-order valence-corrected chi connectivity index (χ4v) is 2.26. The Morgan fingerprint density at radius 3 is 2.87 bits per heavy atom. The van der Waals surface area contributed by atoms with Crippen molar-refractivity contribution in [2.45, 2.75) is 31.4 Å². The largest absolute Gasteiger partial charge is 0.490 e. The van der Waals surface area contributed by atoms with Crippen LogP contribution in [0.15, 0.2) is 18.2 Å². The first-order valence-electron chi connectivity index (χ1n) is 5.46. The minimum absolute atomic E-state index is 0.0000463. The second-order valence-electron chi connectivity index (χ2n) is 4.52. The third kappa shape index (κ3) is 1.61. The van der Waals surface area contributed by atoms with Crippen LogP contribution >= 0.6 is 0 Å². The molecular formula is C12H14FNO. The molecule has 1 aromatic rings. The fourth-order valence-electron chi connectivity index (χ4n) is 2.26. The van der Waals surface area contributed by atoms with Gasteiger partial charge in [-0.2, -0.15) is 0 Å². The quantitative estimate of drug-likeness (QED) is 0.767. The topological polar surface area (TPSA) is 35.2 Å². The number of hydrogen-bond acceptors (Lipinski definition) is 2.